The third-order valence-corrected chi connectivity index (χ3v) is 3.20. The minimum atomic E-state index is 0.154. The average Bonchev–Trinajstić information content (AvgIpc) is 2.43. The summed E-state index contributed by atoms with van der Waals surface area (Å²) < 4.78 is 4.35. The van der Waals surface area contributed by atoms with Crippen molar-refractivity contribution in [3.8, 4) is 5.75 Å². The van der Waals surface area contributed by atoms with Gasteiger partial charge in [-0.25, -0.2) is 5.26 Å². The molecular weight excluding hydrogens is 266 g/mol. The summed E-state index contributed by atoms with van der Waals surface area (Å²) in [4.78, 5) is 0.633. The number of hydrogen-bond acceptors (Lipinski definition) is 6. The molecule has 3 N–H and O–H groups in total. The molecule has 5 nitrogen and oxygen atoms in total. The summed E-state index contributed by atoms with van der Waals surface area (Å²) in [5.74, 6) is 0.154. The summed E-state index contributed by atoms with van der Waals surface area (Å²) >= 11 is 0.820. The number of phenols is 1. The van der Waals surface area contributed by atoms with Gasteiger partial charge < -0.3 is 10.4 Å². The minimum Gasteiger partial charge on any atom is -0.507 e. The van der Waals surface area contributed by atoms with Gasteiger partial charge >= 0.3 is 0 Å². The number of fused-ring (bicyclic) bond motifs is 1. The van der Waals surface area contributed by atoms with E-state index in [1.165, 1.54) is 0 Å². The van der Waals surface area contributed by atoms with Gasteiger partial charge in [-0.1, -0.05) is 18.0 Å². The van der Waals surface area contributed by atoms with E-state index in [-0.39, 0.29) is 5.75 Å². The van der Waals surface area contributed by atoms with E-state index in [9.17, 15) is 5.11 Å². The first-order valence-electron chi connectivity index (χ1n) is 5.90. The van der Waals surface area contributed by atoms with Crippen LogP contribution < -0.4 is 5.32 Å². The lowest BCUT2D eigenvalue weighted by molar-refractivity contribution is -0.432. The van der Waals surface area contributed by atoms with E-state index >= 15 is 0 Å². The highest BCUT2D eigenvalue weighted by Gasteiger charge is 2.06. The molecule has 0 spiro atoms. The van der Waals surface area contributed by atoms with E-state index in [0.717, 1.165) is 41.5 Å². The van der Waals surface area contributed by atoms with E-state index in [1.54, 1.807) is 6.07 Å². The molecule has 0 bridgehead atoms. The highest BCUT2D eigenvalue weighted by molar-refractivity contribution is 7.94. The maximum Gasteiger partial charge on any atom is 0.124 e. The zero-order valence-corrected chi connectivity index (χ0v) is 11.2. The topological polar surface area (TPSA) is 71.0 Å². The molecule has 2 aromatic carbocycles. The highest BCUT2D eigenvalue weighted by atomic mass is 32.2. The van der Waals surface area contributed by atoms with Crippen LogP contribution >= 0.6 is 12.0 Å². The number of benzene rings is 2. The summed E-state index contributed by atoms with van der Waals surface area (Å²) in [6.45, 7) is 2.99. The van der Waals surface area contributed by atoms with Crippen molar-refractivity contribution in [3.63, 3.8) is 0 Å². The Morgan fingerprint density at radius 2 is 2.11 bits per heavy atom. The van der Waals surface area contributed by atoms with Crippen molar-refractivity contribution < 1.29 is 19.7 Å². The third-order valence-electron chi connectivity index (χ3n) is 2.65. The molecule has 2 aromatic rings. The molecule has 0 atom stereocenters. The lowest BCUT2D eigenvalue weighted by Crippen LogP contribution is -1.99. The molecule has 0 aliphatic rings. The molecule has 0 aliphatic carbocycles. The van der Waals surface area contributed by atoms with Crippen LogP contribution in [0.2, 0.25) is 0 Å². The van der Waals surface area contributed by atoms with Crippen molar-refractivity contribution in [2.45, 2.75) is 18.2 Å². The maximum atomic E-state index is 10.0. The van der Waals surface area contributed by atoms with Crippen LogP contribution in [-0.2, 0) is 9.37 Å². The zero-order chi connectivity index (χ0) is 13.7. The van der Waals surface area contributed by atoms with Gasteiger partial charge in [-0.3, -0.25) is 0 Å². The lowest BCUT2D eigenvalue weighted by Gasteiger charge is -2.08. The summed E-state index contributed by atoms with van der Waals surface area (Å²) in [5, 5.41) is 26.6. The minimum absolute atomic E-state index is 0.154. The molecule has 0 aliphatic heterocycles. The summed E-state index contributed by atoms with van der Waals surface area (Å²) in [7, 11) is 0. The van der Waals surface area contributed by atoms with Crippen LogP contribution in [-0.4, -0.2) is 16.9 Å². The van der Waals surface area contributed by atoms with Crippen molar-refractivity contribution in [3.05, 3.63) is 30.3 Å². The van der Waals surface area contributed by atoms with Gasteiger partial charge in [-0.05, 0) is 36.1 Å². The molecule has 0 radical (unpaired) electrons. The average molecular weight is 281 g/mol. The van der Waals surface area contributed by atoms with Gasteiger partial charge in [-0.15, -0.1) is 4.33 Å². The van der Waals surface area contributed by atoms with Crippen molar-refractivity contribution in [2.24, 2.45) is 0 Å². The summed E-state index contributed by atoms with van der Waals surface area (Å²) in [5.41, 5.74) is 0.972. The van der Waals surface area contributed by atoms with Crippen LogP contribution in [0.5, 0.6) is 5.75 Å². The number of anilines is 1. The Morgan fingerprint density at radius 3 is 2.84 bits per heavy atom. The normalized spacial score (nSPS) is 10.8. The largest absolute Gasteiger partial charge is 0.507 e. The standard InChI is InChI=1S/C13H15NO4S/c1-2-5-14-10-4-3-9-6-11(19-18-17-16)8-13(15)12(9)7-10/h3-4,6-8,14-16H,2,5H2,1H3. The molecule has 0 amide bonds. The van der Waals surface area contributed by atoms with Crippen molar-refractivity contribution in [2.75, 3.05) is 11.9 Å². The Kier molecular flexibility index (Phi) is 4.86. The number of nitrogens with one attached hydrogen (secondary N) is 1. The number of hydrogen-bond donors (Lipinski definition) is 3. The van der Waals surface area contributed by atoms with Crippen LogP contribution in [0.25, 0.3) is 10.8 Å². The smallest absolute Gasteiger partial charge is 0.124 e. The Labute approximate surface area is 115 Å². The first kappa shape index (κ1) is 14.0. The second-order valence-corrected chi connectivity index (χ2v) is 4.81. The van der Waals surface area contributed by atoms with Gasteiger partial charge in [0.05, 0.1) is 12.0 Å². The number of rotatable bonds is 6. The molecule has 0 aromatic heterocycles. The van der Waals surface area contributed by atoms with Gasteiger partial charge in [-0.2, -0.15) is 0 Å². The van der Waals surface area contributed by atoms with Crippen LogP contribution in [0, 0.1) is 0 Å². The SMILES string of the molecule is CCCNc1ccc2cc(SOOO)cc(O)c2c1. The summed E-state index contributed by atoms with van der Waals surface area (Å²) in [6, 6.07) is 9.16. The predicted octanol–water partition coefficient (Wildman–Crippen LogP) is 3.80. The molecular formula is C13H15NO4S. The van der Waals surface area contributed by atoms with E-state index in [4.69, 9.17) is 5.26 Å². The van der Waals surface area contributed by atoms with Crippen molar-refractivity contribution in [1.82, 2.24) is 0 Å². The monoisotopic (exact) mass is 281 g/mol. The van der Waals surface area contributed by atoms with E-state index in [2.05, 4.69) is 21.6 Å². The van der Waals surface area contributed by atoms with Crippen LogP contribution in [0.1, 0.15) is 13.3 Å². The Morgan fingerprint density at radius 1 is 1.26 bits per heavy atom. The second-order valence-electron chi connectivity index (χ2n) is 4.03. The molecule has 0 heterocycles. The summed E-state index contributed by atoms with van der Waals surface area (Å²) in [6.07, 6.45) is 1.04. The first-order valence-corrected chi connectivity index (χ1v) is 6.64. The Balaban J connectivity index is 2.30. The van der Waals surface area contributed by atoms with Crippen LogP contribution in [0.15, 0.2) is 35.2 Å². The highest BCUT2D eigenvalue weighted by Crippen LogP contribution is 2.33. The number of aromatic hydroxyl groups is 1. The van der Waals surface area contributed by atoms with Gasteiger partial charge in [0, 0.05) is 22.5 Å². The van der Waals surface area contributed by atoms with E-state index < -0.39 is 0 Å². The van der Waals surface area contributed by atoms with Crippen molar-refractivity contribution in [1.29, 1.82) is 0 Å². The van der Waals surface area contributed by atoms with Crippen LogP contribution in [0.3, 0.4) is 0 Å². The van der Waals surface area contributed by atoms with E-state index in [0.29, 0.717) is 4.90 Å². The fourth-order valence-electron chi connectivity index (χ4n) is 1.79. The number of phenolic OH excluding ortho intramolecular Hbond substituents is 1. The molecule has 19 heavy (non-hydrogen) atoms. The fraction of sp³-hybridized carbons (Fsp3) is 0.231. The maximum absolute atomic E-state index is 10.0. The molecule has 102 valence electrons. The van der Waals surface area contributed by atoms with Gasteiger partial charge in [0.25, 0.3) is 0 Å². The third kappa shape index (κ3) is 3.51. The molecule has 0 saturated heterocycles. The quantitative estimate of drug-likeness (QED) is 0.425. The van der Waals surface area contributed by atoms with Gasteiger partial charge in [0.1, 0.15) is 5.75 Å². The molecule has 0 fully saturated rings. The lowest BCUT2D eigenvalue weighted by atomic mass is 10.1. The van der Waals surface area contributed by atoms with Gasteiger partial charge in [0.2, 0.25) is 0 Å². The molecule has 2 rings (SSSR count). The predicted molar refractivity (Wildman–Crippen MR) is 75.0 cm³/mol. The zero-order valence-electron chi connectivity index (χ0n) is 10.4. The Bertz CT molecular complexity index is 562. The van der Waals surface area contributed by atoms with Gasteiger partial charge in [0.15, 0.2) is 0 Å². The fourth-order valence-corrected chi connectivity index (χ4v) is 2.24. The molecule has 0 saturated carbocycles. The van der Waals surface area contributed by atoms with Crippen LogP contribution in [0.4, 0.5) is 5.69 Å². The van der Waals surface area contributed by atoms with E-state index in [1.807, 2.05) is 24.3 Å². The molecule has 6 heteroatoms. The Hall–Kier alpha value is -1.47. The molecule has 0 unspecified atom stereocenters. The van der Waals surface area contributed by atoms with Crippen molar-refractivity contribution >= 4 is 28.5 Å². The second kappa shape index (κ2) is 6.63. The first-order chi connectivity index (χ1) is 9.24.